The smallest absolute Gasteiger partial charge is 0.243 e. The van der Waals surface area contributed by atoms with Crippen molar-refractivity contribution in [3.05, 3.63) is 54.1 Å². The zero-order valence-electron chi connectivity index (χ0n) is 15.3. The van der Waals surface area contributed by atoms with Gasteiger partial charge in [0.2, 0.25) is 10.0 Å². The molecule has 1 heterocycles. The summed E-state index contributed by atoms with van der Waals surface area (Å²) in [7, 11) is -3.66. The van der Waals surface area contributed by atoms with Gasteiger partial charge in [0, 0.05) is 31.9 Å². The highest BCUT2D eigenvalue weighted by Gasteiger charge is 2.29. The summed E-state index contributed by atoms with van der Waals surface area (Å²) < 4.78 is 33.0. The lowest BCUT2D eigenvalue weighted by atomic mass is 10.2. The minimum absolute atomic E-state index is 0.129. The molecule has 0 bridgehead atoms. The number of nitrogen functional groups attached to an aromatic ring is 1. The topological polar surface area (TPSA) is 99.7 Å². The number of sulfonamides is 1. The van der Waals surface area contributed by atoms with Gasteiger partial charge in [-0.2, -0.15) is 4.31 Å². The number of nitrogens with one attached hydrogen (secondary N) is 1. The van der Waals surface area contributed by atoms with Crippen LogP contribution in [0.15, 0.2) is 53.4 Å². The lowest BCUT2D eigenvalue weighted by molar-refractivity contribution is 0.339. The van der Waals surface area contributed by atoms with Crippen molar-refractivity contribution in [3.8, 4) is 5.75 Å². The molecule has 7 nitrogen and oxygen atoms in total. The number of rotatable bonds is 6. The predicted octanol–water partition coefficient (Wildman–Crippen LogP) is 1.88. The number of para-hydroxylation sites is 1. The Morgan fingerprint density at radius 3 is 2.37 bits per heavy atom. The van der Waals surface area contributed by atoms with Crippen molar-refractivity contribution >= 4 is 21.5 Å². The van der Waals surface area contributed by atoms with Crippen LogP contribution in [0.5, 0.6) is 5.75 Å². The van der Waals surface area contributed by atoms with Crippen molar-refractivity contribution < 1.29 is 13.2 Å². The first-order chi connectivity index (χ1) is 12.9. The average Bonchev–Trinajstić information content (AvgIpc) is 2.69. The van der Waals surface area contributed by atoms with E-state index in [2.05, 4.69) is 4.90 Å². The summed E-state index contributed by atoms with van der Waals surface area (Å²) in [5.41, 5.74) is 6.99. The molecule has 0 spiro atoms. The molecule has 0 aromatic heterocycles. The monoisotopic (exact) mass is 388 g/mol. The van der Waals surface area contributed by atoms with Gasteiger partial charge in [0.15, 0.2) is 0 Å². The molecule has 27 heavy (non-hydrogen) atoms. The maximum Gasteiger partial charge on any atom is 0.243 e. The van der Waals surface area contributed by atoms with Gasteiger partial charge in [0.05, 0.1) is 17.1 Å². The quantitative estimate of drug-likeness (QED) is 0.581. The Balaban J connectivity index is 1.79. The number of anilines is 1. The van der Waals surface area contributed by atoms with Crippen molar-refractivity contribution in [1.82, 2.24) is 4.31 Å². The maximum absolute atomic E-state index is 13.0. The summed E-state index contributed by atoms with van der Waals surface area (Å²) in [5.74, 6) is 0.197. The molecule has 0 aliphatic carbocycles. The van der Waals surface area contributed by atoms with Crippen LogP contribution in [0.25, 0.3) is 0 Å². The molecule has 0 amide bonds. The molecule has 0 atom stereocenters. The van der Waals surface area contributed by atoms with E-state index in [0.717, 1.165) is 5.69 Å². The van der Waals surface area contributed by atoms with Gasteiger partial charge >= 0.3 is 0 Å². The molecule has 0 unspecified atom stereocenters. The van der Waals surface area contributed by atoms with E-state index in [1.165, 1.54) is 16.4 Å². The van der Waals surface area contributed by atoms with Crippen LogP contribution in [-0.2, 0) is 10.0 Å². The van der Waals surface area contributed by atoms with Crippen molar-refractivity contribution in [3.63, 3.8) is 0 Å². The van der Waals surface area contributed by atoms with Gasteiger partial charge in [-0.15, -0.1) is 0 Å². The minimum Gasteiger partial charge on any atom is -0.493 e. The van der Waals surface area contributed by atoms with Gasteiger partial charge in [0.25, 0.3) is 0 Å². The van der Waals surface area contributed by atoms with E-state index in [1.54, 1.807) is 6.07 Å². The lowest BCUT2D eigenvalue weighted by Crippen LogP contribution is -2.48. The molecule has 1 saturated heterocycles. The maximum atomic E-state index is 13.0. The number of hydrogen-bond donors (Lipinski definition) is 2. The zero-order valence-corrected chi connectivity index (χ0v) is 16.1. The largest absolute Gasteiger partial charge is 0.493 e. The molecular weight excluding hydrogens is 364 g/mol. The molecule has 2 aromatic carbocycles. The molecule has 1 aliphatic heterocycles. The van der Waals surface area contributed by atoms with E-state index in [4.69, 9.17) is 15.9 Å². The Kier molecular flexibility index (Phi) is 5.67. The molecule has 2 aromatic rings. The second-order valence-corrected chi connectivity index (χ2v) is 8.17. The number of nitrogens with zero attached hydrogens (tertiary/aromatic N) is 2. The normalized spacial score (nSPS) is 15.5. The number of piperazine rings is 1. The number of amidine groups is 1. The van der Waals surface area contributed by atoms with Gasteiger partial charge in [-0.3, -0.25) is 5.41 Å². The Morgan fingerprint density at radius 2 is 1.78 bits per heavy atom. The average molecular weight is 388 g/mol. The van der Waals surface area contributed by atoms with Crippen LogP contribution in [0.4, 0.5) is 5.69 Å². The van der Waals surface area contributed by atoms with Gasteiger partial charge in [-0.1, -0.05) is 18.2 Å². The summed E-state index contributed by atoms with van der Waals surface area (Å²) in [5, 5.41) is 7.70. The van der Waals surface area contributed by atoms with Crippen LogP contribution >= 0.6 is 0 Å². The van der Waals surface area contributed by atoms with Crippen LogP contribution in [0.2, 0.25) is 0 Å². The SMILES string of the molecule is CCOc1ccc(S(=O)(=O)N2CCN(c3ccccc3)CC2)cc1C(=N)N. The van der Waals surface area contributed by atoms with Crippen LogP contribution < -0.4 is 15.4 Å². The molecule has 0 saturated carbocycles. The van der Waals surface area contributed by atoms with E-state index in [9.17, 15) is 8.42 Å². The third-order valence-corrected chi connectivity index (χ3v) is 6.43. The Labute approximate surface area is 159 Å². The van der Waals surface area contributed by atoms with Gasteiger partial charge in [-0.05, 0) is 37.3 Å². The minimum atomic E-state index is -3.66. The van der Waals surface area contributed by atoms with E-state index in [0.29, 0.717) is 44.1 Å². The fourth-order valence-corrected chi connectivity index (χ4v) is 4.58. The first-order valence-corrected chi connectivity index (χ1v) is 10.3. The van der Waals surface area contributed by atoms with E-state index in [1.807, 2.05) is 37.3 Å². The molecule has 1 fully saturated rings. The fraction of sp³-hybridized carbons (Fsp3) is 0.316. The molecule has 3 N–H and O–H groups in total. The van der Waals surface area contributed by atoms with E-state index < -0.39 is 10.0 Å². The van der Waals surface area contributed by atoms with Crippen LogP contribution in [0.1, 0.15) is 12.5 Å². The Morgan fingerprint density at radius 1 is 1.11 bits per heavy atom. The number of ether oxygens (including phenoxy) is 1. The molecule has 0 radical (unpaired) electrons. The van der Waals surface area contributed by atoms with Crippen molar-refractivity contribution in [2.24, 2.45) is 5.73 Å². The summed E-state index contributed by atoms with van der Waals surface area (Å²) in [6.07, 6.45) is 0. The molecule has 8 heteroatoms. The molecule has 3 rings (SSSR count). The third-order valence-electron chi connectivity index (χ3n) is 4.54. The van der Waals surface area contributed by atoms with Crippen molar-refractivity contribution in [1.29, 1.82) is 5.41 Å². The van der Waals surface area contributed by atoms with Crippen molar-refractivity contribution in [2.45, 2.75) is 11.8 Å². The number of benzene rings is 2. The van der Waals surface area contributed by atoms with Crippen molar-refractivity contribution in [2.75, 3.05) is 37.7 Å². The van der Waals surface area contributed by atoms with E-state index >= 15 is 0 Å². The number of hydrogen-bond acceptors (Lipinski definition) is 5. The second kappa shape index (κ2) is 7.98. The van der Waals surface area contributed by atoms with Crippen LogP contribution in [0.3, 0.4) is 0 Å². The third kappa shape index (κ3) is 4.06. The zero-order chi connectivity index (χ0) is 19.4. The molecular formula is C19H24N4O3S. The highest BCUT2D eigenvalue weighted by Crippen LogP contribution is 2.26. The highest BCUT2D eigenvalue weighted by molar-refractivity contribution is 7.89. The summed E-state index contributed by atoms with van der Waals surface area (Å²) in [6.45, 7) is 4.29. The summed E-state index contributed by atoms with van der Waals surface area (Å²) in [6, 6.07) is 14.5. The van der Waals surface area contributed by atoms with Gasteiger partial charge in [0.1, 0.15) is 11.6 Å². The molecule has 1 aliphatic rings. The van der Waals surface area contributed by atoms with Crippen LogP contribution in [0, 0.1) is 5.41 Å². The molecule has 144 valence electrons. The fourth-order valence-electron chi connectivity index (χ4n) is 3.14. The first-order valence-electron chi connectivity index (χ1n) is 8.85. The summed E-state index contributed by atoms with van der Waals surface area (Å²) >= 11 is 0. The first kappa shape index (κ1) is 19.2. The highest BCUT2D eigenvalue weighted by atomic mass is 32.2. The second-order valence-electron chi connectivity index (χ2n) is 6.23. The van der Waals surface area contributed by atoms with Gasteiger partial charge < -0.3 is 15.4 Å². The summed E-state index contributed by atoms with van der Waals surface area (Å²) in [4.78, 5) is 2.30. The van der Waals surface area contributed by atoms with Gasteiger partial charge in [-0.25, -0.2) is 8.42 Å². The number of nitrogens with two attached hydrogens (primary N) is 1. The lowest BCUT2D eigenvalue weighted by Gasteiger charge is -2.35. The Hall–Kier alpha value is -2.58. The van der Waals surface area contributed by atoms with Crippen LogP contribution in [-0.4, -0.2) is 51.3 Å². The standard InChI is InChI=1S/C19H24N4O3S/c1-2-26-18-9-8-16(14-17(18)19(20)21)27(24,25)23-12-10-22(11-13-23)15-6-4-3-5-7-15/h3-9,14H,2,10-13H2,1H3,(H3,20,21). The Bertz CT molecular complexity index is 908. The van der Waals surface area contributed by atoms with E-state index in [-0.39, 0.29) is 10.7 Å². The predicted molar refractivity (Wildman–Crippen MR) is 106 cm³/mol.